The van der Waals surface area contributed by atoms with E-state index in [1.54, 1.807) is 18.2 Å². The van der Waals surface area contributed by atoms with E-state index in [0.29, 0.717) is 12.3 Å². The van der Waals surface area contributed by atoms with Gasteiger partial charge < -0.3 is 29.0 Å². The van der Waals surface area contributed by atoms with Gasteiger partial charge in [-0.1, -0.05) is 66.9 Å². The number of hydrogen-bond acceptors (Lipinski definition) is 6. The van der Waals surface area contributed by atoms with Crippen LogP contribution in [0.5, 0.6) is 0 Å². The van der Waals surface area contributed by atoms with Crippen molar-refractivity contribution in [1.82, 2.24) is 4.98 Å². The van der Waals surface area contributed by atoms with Crippen molar-refractivity contribution in [2.75, 3.05) is 6.61 Å². The number of aliphatic hydroxyl groups excluding tert-OH is 1. The Balaban J connectivity index is 0.00000231. The van der Waals surface area contributed by atoms with Crippen molar-refractivity contribution in [2.45, 2.75) is 37.0 Å². The standard InChI is InChI=1S/C24H22NO5.Li/c26-20(18-13-7-8-14-25-18)22-21-19(28-24(30-22)17-11-5-2-6-12-17)15-27-23(29-21)16-9-3-1-4-10-16;/h1-13,19-24,26H,15H2;/q-1;+1/t19-,20+,21-,22+,23?,24?;/m1./s1. The number of fused-ring (bicyclic) bond motifs is 1. The molecule has 2 aliphatic heterocycles. The topological polar surface area (TPSA) is 70.0 Å². The molecule has 1 N–H and O–H groups in total. The average molecular weight is 411 g/mol. The summed E-state index contributed by atoms with van der Waals surface area (Å²) in [6.45, 7) is 0.328. The van der Waals surface area contributed by atoms with E-state index in [2.05, 4.69) is 11.2 Å². The van der Waals surface area contributed by atoms with Crippen LogP contribution in [0.3, 0.4) is 0 Å². The summed E-state index contributed by atoms with van der Waals surface area (Å²) in [7, 11) is 0. The van der Waals surface area contributed by atoms with Gasteiger partial charge in [-0.05, 0) is 5.69 Å². The summed E-state index contributed by atoms with van der Waals surface area (Å²) in [4.78, 5) is 4.18. The third kappa shape index (κ3) is 4.76. The number of benzene rings is 2. The van der Waals surface area contributed by atoms with Gasteiger partial charge in [0.25, 0.3) is 0 Å². The summed E-state index contributed by atoms with van der Waals surface area (Å²) in [5, 5.41) is 11.1. The number of rotatable bonds is 4. The van der Waals surface area contributed by atoms with Crippen LogP contribution in [0, 0.1) is 6.20 Å². The number of ether oxygens (including phenoxy) is 4. The molecule has 2 aliphatic rings. The van der Waals surface area contributed by atoms with Gasteiger partial charge in [0.05, 0.1) is 12.7 Å². The van der Waals surface area contributed by atoms with Gasteiger partial charge in [-0.15, -0.1) is 6.07 Å². The van der Waals surface area contributed by atoms with Crippen LogP contribution in [0.1, 0.15) is 35.5 Å². The molecule has 2 unspecified atom stereocenters. The quantitative estimate of drug-likeness (QED) is 0.499. The van der Waals surface area contributed by atoms with E-state index in [1.165, 1.54) is 0 Å². The number of aromatic nitrogens is 1. The fraction of sp³-hybridized carbons (Fsp3) is 0.292. The smallest absolute Gasteiger partial charge is 0.396 e. The van der Waals surface area contributed by atoms with Crippen molar-refractivity contribution in [3.05, 3.63) is 102 Å². The number of aliphatic hydroxyl groups is 1. The zero-order valence-corrected chi connectivity index (χ0v) is 17.2. The first kappa shape index (κ1) is 22.2. The van der Waals surface area contributed by atoms with Crippen LogP contribution in [0.4, 0.5) is 0 Å². The van der Waals surface area contributed by atoms with Crippen LogP contribution in [0.15, 0.2) is 78.9 Å². The molecule has 0 radical (unpaired) electrons. The number of hydrogen-bond donors (Lipinski definition) is 1. The molecule has 3 heterocycles. The molecule has 0 aliphatic carbocycles. The van der Waals surface area contributed by atoms with Gasteiger partial charge in [0, 0.05) is 11.1 Å². The molecule has 2 aromatic carbocycles. The molecule has 0 saturated carbocycles. The molecule has 5 rings (SSSR count). The molecule has 7 heteroatoms. The second-order valence-electron chi connectivity index (χ2n) is 7.33. The fourth-order valence-corrected chi connectivity index (χ4v) is 3.84. The molecule has 31 heavy (non-hydrogen) atoms. The van der Waals surface area contributed by atoms with Crippen molar-refractivity contribution < 1.29 is 42.9 Å². The molecule has 6 atom stereocenters. The van der Waals surface area contributed by atoms with Crippen molar-refractivity contribution in [1.29, 1.82) is 0 Å². The summed E-state index contributed by atoms with van der Waals surface area (Å²) in [5.41, 5.74) is 2.24. The van der Waals surface area contributed by atoms with Crippen LogP contribution in [0.25, 0.3) is 0 Å². The number of pyridine rings is 1. The summed E-state index contributed by atoms with van der Waals surface area (Å²) in [6, 6.07) is 24.6. The Kier molecular flexibility index (Phi) is 7.21. The van der Waals surface area contributed by atoms with E-state index in [4.69, 9.17) is 18.9 Å². The van der Waals surface area contributed by atoms with Gasteiger partial charge in [-0.2, -0.15) is 12.1 Å². The minimum Gasteiger partial charge on any atom is -0.396 e. The van der Waals surface area contributed by atoms with Gasteiger partial charge >= 0.3 is 18.9 Å². The Hall–Kier alpha value is -2.01. The van der Waals surface area contributed by atoms with Gasteiger partial charge in [-0.3, -0.25) is 0 Å². The van der Waals surface area contributed by atoms with Crippen LogP contribution in [0.2, 0.25) is 0 Å². The molecule has 154 valence electrons. The monoisotopic (exact) mass is 411 g/mol. The summed E-state index contributed by atoms with van der Waals surface area (Å²) in [5.74, 6) is 0. The van der Waals surface area contributed by atoms with Crippen LogP contribution >= 0.6 is 0 Å². The first-order valence-corrected chi connectivity index (χ1v) is 9.98. The van der Waals surface area contributed by atoms with Gasteiger partial charge in [0.15, 0.2) is 12.6 Å². The zero-order valence-electron chi connectivity index (χ0n) is 17.2. The summed E-state index contributed by atoms with van der Waals surface area (Å²) < 4.78 is 24.6. The van der Waals surface area contributed by atoms with E-state index in [1.807, 2.05) is 60.7 Å². The van der Waals surface area contributed by atoms with Crippen molar-refractivity contribution in [3.8, 4) is 0 Å². The maximum Gasteiger partial charge on any atom is 1.00 e. The third-order valence-corrected chi connectivity index (χ3v) is 5.35. The van der Waals surface area contributed by atoms with Crippen LogP contribution in [-0.4, -0.2) is 35.0 Å². The Morgan fingerprint density at radius 2 is 1.52 bits per heavy atom. The average Bonchev–Trinajstić information content (AvgIpc) is 2.84. The SMILES string of the molecule is O[C@@H](c1ccc[c-]n1)[C@@H]1OC(c2ccccc2)O[C@@H]2COC(c3ccccc3)O[C@@H]12.[Li+]. The van der Waals surface area contributed by atoms with Crippen molar-refractivity contribution >= 4 is 0 Å². The molecule has 3 aromatic rings. The van der Waals surface area contributed by atoms with E-state index < -0.39 is 37.0 Å². The second-order valence-corrected chi connectivity index (χ2v) is 7.33. The van der Waals surface area contributed by atoms with E-state index in [0.717, 1.165) is 11.1 Å². The summed E-state index contributed by atoms with van der Waals surface area (Å²) in [6.07, 6.45) is -1.04. The van der Waals surface area contributed by atoms with Crippen LogP contribution in [-0.2, 0) is 18.9 Å². The Bertz CT molecular complexity index is 946. The molecule has 2 fully saturated rings. The van der Waals surface area contributed by atoms with E-state index >= 15 is 0 Å². The summed E-state index contributed by atoms with van der Waals surface area (Å²) >= 11 is 0. The van der Waals surface area contributed by atoms with Gasteiger partial charge in [0.2, 0.25) is 0 Å². The van der Waals surface area contributed by atoms with Crippen molar-refractivity contribution in [3.63, 3.8) is 0 Å². The second kappa shape index (κ2) is 10.1. The largest absolute Gasteiger partial charge is 1.00 e. The first-order chi connectivity index (χ1) is 14.8. The van der Waals surface area contributed by atoms with E-state index in [-0.39, 0.29) is 18.9 Å². The zero-order chi connectivity index (χ0) is 20.3. The molecule has 1 aromatic heterocycles. The molecular formula is C24H22LiNO5. The third-order valence-electron chi connectivity index (χ3n) is 5.35. The maximum absolute atomic E-state index is 11.1. The Morgan fingerprint density at radius 1 is 0.839 bits per heavy atom. The molecule has 2 saturated heterocycles. The maximum atomic E-state index is 11.1. The van der Waals surface area contributed by atoms with E-state index in [9.17, 15) is 5.11 Å². The van der Waals surface area contributed by atoms with Gasteiger partial charge in [-0.25, -0.2) is 0 Å². The van der Waals surface area contributed by atoms with Crippen molar-refractivity contribution in [2.24, 2.45) is 0 Å². The van der Waals surface area contributed by atoms with Gasteiger partial charge in [0.1, 0.15) is 18.3 Å². The Morgan fingerprint density at radius 3 is 2.16 bits per heavy atom. The minimum absolute atomic E-state index is 0. The fourth-order valence-electron chi connectivity index (χ4n) is 3.84. The predicted molar refractivity (Wildman–Crippen MR) is 107 cm³/mol. The molecule has 0 amide bonds. The number of nitrogens with zero attached hydrogens (tertiary/aromatic N) is 1. The molecule has 6 nitrogen and oxygen atoms in total. The van der Waals surface area contributed by atoms with Crippen LogP contribution < -0.4 is 18.9 Å². The molecular weight excluding hydrogens is 389 g/mol. The molecule has 0 bridgehead atoms. The normalized spacial score (nSPS) is 28.7. The predicted octanol–water partition coefficient (Wildman–Crippen LogP) is 0.516. The molecule has 0 spiro atoms. The first-order valence-electron chi connectivity index (χ1n) is 9.98. The minimum atomic E-state index is -1.00. The Labute approximate surface area is 193 Å².